The van der Waals surface area contributed by atoms with Crippen molar-refractivity contribution >= 4 is 11.9 Å². The lowest BCUT2D eigenvalue weighted by Gasteiger charge is -2.20. The van der Waals surface area contributed by atoms with Crippen LogP contribution in [0.5, 0.6) is 0 Å². The van der Waals surface area contributed by atoms with Crippen LogP contribution in [0.25, 0.3) is 0 Å². The van der Waals surface area contributed by atoms with E-state index in [-0.39, 0.29) is 24.1 Å². The van der Waals surface area contributed by atoms with Crippen LogP contribution in [0.3, 0.4) is 0 Å². The highest BCUT2D eigenvalue weighted by molar-refractivity contribution is 5.66. The SMILES string of the molecule is CC(=O)O[C@H]1CC[C@@H]2[C@@H]1CC[C@H]2OC(C)=O. The van der Waals surface area contributed by atoms with Gasteiger partial charge in [0.2, 0.25) is 0 Å². The molecule has 0 N–H and O–H groups in total. The molecular weight excluding hydrogens is 208 g/mol. The van der Waals surface area contributed by atoms with Gasteiger partial charge in [0.25, 0.3) is 0 Å². The van der Waals surface area contributed by atoms with E-state index in [1.54, 1.807) is 0 Å². The second kappa shape index (κ2) is 4.44. The van der Waals surface area contributed by atoms with Crippen molar-refractivity contribution in [3.63, 3.8) is 0 Å². The largest absolute Gasteiger partial charge is 0.462 e. The summed E-state index contributed by atoms with van der Waals surface area (Å²) in [5, 5.41) is 0. The van der Waals surface area contributed by atoms with Gasteiger partial charge < -0.3 is 9.47 Å². The van der Waals surface area contributed by atoms with Crippen molar-refractivity contribution in [1.82, 2.24) is 0 Å². The number of carbonyl (C=O) groups excluding carboxylic acids is 2. The summed E-state index contributed by atoms with van der Waals surface area (Å²) >= 11 is 0. The molecule has 0 bridgehead atoms. The molecule has 0 unspecified atom stereocenters. The first-order valence-corrected chi connectivity index (χ1v) is 5.92. The molecule has 2 fully saturated rings. The van der Waals surface area contributed by atoms with Gasteiger partial charge in [0, 0.05) is 25.7 Å². The van der Waals surface area contributed by atoms with E-state index >= 15 is 0 Å². The molecule has 0 aliphatic heterocycles. The molecule has 0 radical (unpaired) electrons. The maximum absolute atomic E-state index is 10.9. The zero-order chi connectivity index (χ0) is 11.7. The normalized spacial score (nSPS) is 36.9. The van der Waals surface area contributed by atoms with Crippen molar-refractivity contribution in [1.29, 1.82) is 0 Å². The quantitative estimate of drug-likeness (QED) is 0.672. The van der Waals surface area contributed by atoms with Gasteiger partial charge in [0.15, 0.2) is 0 Å². The molecule has 16 heavy (non-hydrogen) atoms. The zero-order valence-electron chi connectivity index (χ0n) is 9.77. The Hall–Kier alpha value is -1.06. The number of esters is 2. The average Bonchev–Trinajstić information content (AvgIpc) is 2.70. The third kappa shape index (κ3) is 2.20. The minimum absolute atomic E-state index is 0.0445. The summed E-state index contributed by atoms with van der Waals surface area (Å²) in [6, 6.07) is 0. The van der Waals surface area contributed by atoms with Crippen molar-refractivity contribution in [2.24, 2.45) is 11.8 Å². The van der Waals surface area contributed by atoms with Crippen LogP contribution in [-0.4, -0.2) is 24.1 Å². The predicted octanol–water partition coefficient (Wildman–Crippen LogP) is 1.67. The fourth-order valence-electron chi connectivity index (χ4n) is 3.21. The maximum Gasteiger partial charge on any atom is 0.302 e. The van der Waals surface area contributed by atoms with Crippen molar-refractivity contribution < 1.29 is 19.1 Å². The van der Waals surface area contributed by atoms with Crippen molar-refractivity contribution in [2.75, 3.05) is 0 Å². The summed E-state index contributed by atoms with van der Waals surface area (Å²) in [6.45, 7) is 2.90. The molecule has 4 nitrogen and oxygen atoms in total. The number of hydrogen-bond acceptors (Lipinski definition) is 4. The highest BCUT2D eigenvalue weighted by Gasteiger charge is 2.47. The molecule has 2 rings (SSSR count). The third-order valence-corrected chi connectivity index (χ3v) is 3.71. The van der Waals surface area contributed by atoms with Crippen molar-refractivity contribution in [2.45, 2.75) is 51.7 Å². The number of carbonyl (C=O) groups is 2. The number of hydrogen-bond donors (Lipinski definition) is 0. The maximum atomic E-state index is 10.9. The molecule has 0 amide bonds. The van der Waals surface area contributed by atoms with Gasteiger partial charge in [-0.1, -0.05) is 0 Å². The van der Waals surface area contributed by atoms with Gasteiger partial charge in [-0.25, -0.2) is 0 Å². The van der Waals surface area contributed by atoms with Gasteiger partial charge in [0.05, 0.1) is 0 Å². The van der Waals surface area contributed by atoms with Crippen LogP contribution in [0.2, 0.25) is 0 Å². The minimum atomic E-state index is -0.207. The standard InChI is InChI=1S/C12H18O4/c1-7(13)15-11-5-3-10-9(11)4-6-12(10)16-8(2)14/h9-12H,3-6H2,1-2H3/t9-,10+,11-,12+. The lowest BCUT2D eigenvalue weighted by atomic mass is 9.98. The first-order valence-electron chi connectivity index (χ1n) is 5.92. The predicted molar refractivity (Wildman–Crippen MR) is 56.6 cm³/mol. The smallest absolute Gasteiger partial charge is 0.302 e. The molecule has 2 saturated carbocycles. The second-order valence-electron chi connectivity index (χ2n) is 4.78. The number of fused-ring (bicyclic) bond motifs is 1. The molecule has 2 aliphatic carbocycles. The molecule has 0 aromatic heterocycles. The fourth-order valence-corrected chi connectivity index (χ4v) is 3.21. The summed E-state index contributed by atoms with van der Waals surface area (Å²) in [5.41, 5.74) is 0. The van der Waals surface area contributed by atoms with Crippen molar-refractivity contribution in [3.05, 3.63) is 0 Å². The first kappa shape index (κ1) is 11.4. The Bertz CT molecular complexity index is 269. The average molecular weight is 226 g/mol. The Morgan fingerprint density at radius 1 is 0.812 bits per heavy atom. The Labute approximate surface area is 95.3 Å². The Balaban J connectivity index is 1.95. The summed E-state index contributed by atoms with van der Waals surface area (Å²) < 4.78 is 10.6. The molecule has 0 aromatic carbocycles. The minimum Gasteiger partial charge on any atom is -0.462 e. The summed E-state index contributed by atoms with van der Waals surface area (Å²) in [7, 11) is 0. The van der Waals surface area contributed by atoms with Gasteiger partial charge in [-0.05, 0) is 25.7 Å². The van der Waals surface area contributed by atoms with E-state index in [1.807, 2.05) is 0 Å². The molecular formula is C12H18O4. The third-order valence-electron chi connectivity index (χ3n) is 3.71. The van der Waals surface area contributed by atoms with Crippen molar-refractivity contribution in [3.8, 4) is 0 Å². The van der Waals surface area contributed by atoms with Crippen LogP contribution in [0, 0.1) is 11.8 Å². The van der Waals surface area contributed by atoms with Crippen LogP contribution in [-0.2, 0) is 19.1 Å². The van der Waals surface area contributed by atoms with Crippen LogP contribution < -0.4 is 0 Å². The van der Waals surface area contributed by atoms with Gasteiger partial charge in [-0.15, -0.1) is 0 Å². The fraction of sp³-hybridized carbons (Fsp3) is 0.833. The van der Waals surface area contributed by atoms with E-state index < -0.39 is 0 Å². The molecule has 0 aromatic rings. The first-order chi connectivity index (χ1) is 7.58. The zero-order valence-corrected chi connectivity index (χ0v) is 9.77. The van der Waals surface area contributed by atoms with Gasteiger partial charge in [-0.3, -0.25) is 9.59 Å². The van der Waals surface area contributed by atoms with Gasteiger partial charge in [0.1, 0.15) is 12.2 Å². The van der Waals surface area contributed by atoms with Crippen LogP contribution >= 0.6 is 0 Å². The molecule has 0 saturated heterocycles. The highest BCUT2D eigenvalue weighted by atomic mass is 16.6. The topological polar surface area (TPSA) is 52.6 Å². The highest BCUT2D eigenvalue weighted by Crippen LogP contribution is 2.46. The van der Waals surface area contributed by atoms with Gasteiger partial charge in [-0.2, -0.15) is 0 Å². The van der Waals surface area contributed by atoms with E-state index in [1.165, 1.54) is 13.8 Å². The summed E-state index contributed by atoms with van der Waals surface area (Å²) in [5.74, 6) is 0.379. The van der Waals surface area contributed by atoms with E-state index in [2.05, 4.69) is 0 Å². The number of ether oxygens (including phenoxy) is 2. The summed E-state index contributed by atoms with van der Waals surface area (Å²) in [6.07, 6.45) is 3.91. The Kier molecular flexibility index (Phi) is 3.17. The summed E-state index contributed by atoms with van der Waals surface area (Å²) in [4.78, 5) is 21.9. The Morgan fingerprint density at radius 2 is 1.19 bits per heavy atom. The van der Waals surface area contributed by atoms with E-state index in [9.17, 15) is 9.59 Å². The Morgan fingerprint density at radius 3 is 1.50 bits per heavy atom. The molecule has 0 heterocycles. The monoisotopic (exact) mass is 226 g/mol. The molecule has 4 atom stereocenters. The van der Waals surface area contributed by atoms with Crippen LogP contribution in [0.15, 0.2) is 0 Å². The lowest BCUT2D eigenvalue weighted by Crippen LogP contribution is -2.25. The van der Waals surface area contributed by atoms with Crippen LogP contribution in [0.1, 0.15) is 39.5 Å². The second-order valence-corrected chi connectivity index (χ2v) is 4.78. The van der Waals surface area contributed by atoms with E-state index in [4.69, 9.17) is 9.47 Å². The van der Waals surface area contributed by atoms with Crippen LogP contribution in [0.4, 0.5) is 0 Å². The molecule has 0 spiro atoms. The van der Waals surface area contributed by atoms with E-state index in [0.29, 0.717) is 11.8 Å². The molecule has 2 aliphatic rings. The molecule has 90 valence electrons. The number of rotatable bonds is 2. The lowest BCUT2D eigenvalue weighted by molar-refractivity contribution is -0.150. The van der Waals surface area contributed by atoms with E-state index in [0.717, 1.165) is 25.7 Å². The van der Waals surface area contributed by atoms with Gasteiger partial charge >= 0.3 is 11.9 Å². The molecule has 4 heteroatoms.